The minimum atomic E-state index is -0.0706. The fourth-order valence-corrected chi connectivity index (χ4v) is 2.68. The van der Waals surface area contributed by atoms with E-state index in [0.717, 1.165) is 23.4 Å². The van der Waals surface area contributed by atoms with E-state index in [1.807, 2.05) is 59.5 Å². The summed E-state index contributed by atoms with van der Waals surface area (Å²) >= 11 is 0. The van der Waals surface area contributed by atoms with Crippen LogP contribution in [-0.2, 0) is 11.3 Å². The van der Waals surface area contributed by atoms with Crippen LogP contribution in [0.5, 0.6) is 0 Å². The maximum Gasteiger partial charge on any atom is 0.253 e. The summed E-state index contributed by atoms with van der Waals surface area (Å²) in [6.45, 7) is 5.28. The van der Waals surface area contributed by atoms with Gasteiger partial charge in [0.1, 0.15) is 5.69 Å². The highest BCUT2D eigenvalue weighted by molar-refractivity contribution is 6.02. The quantitative estimate of drug-likeness (QED) is 0.757. The first-order valence-corrected chi connectivity index (χ1v) is 8.02. The van der Waals surface area contributed by atoms with Crippen molar-refractivity contribution in [3.8, 4) is 11.4 Å². The van der Waals surface area contributed by atoms with Gasteiger partial charge in [0.25, 0.3) is 5.91 Å². The van der Waals surface area contributed by atoms with Crippen LogP contribution in [0.3, 0.4) is 0 Å². The zero-order valence-electron chi connectivity index (χ0n) is 14.2. The molecular weight excluding hydrogens is 304 g/mol. The molecule has 1 N–H and O–H groups in total. The molecule has 6 heteroatoms. The monoisotopic (exact) mass is 326 g/mol. The van der Waals surface area contributed by atoms with Gasteiger partial charge in [-0.1, -0.05) is 6.07 Å². The van der Waals surface area contributed by atoms with Crippen LogP contribution in [0.2, 0.25) is 0 Å². The van der Waals surface area contributed by atoms with Gasteiger partial charge >= 0.3 is 0 Å². The average Bonchev–Trinajstić information content (AvgIpc) is 3.16. The van der Waals surface area contributed by atoms with Gasteiger partial charge in [0.2, 0.25) is 0 Å². The third kappa shape index (κ3) is 3.19. The molecule has 126 valence electrons. The van der Waals surface area contributed by atoms with Crippen LogP contribution < -0.4 is 5.32 Å². The molecule has 3 aromatic rings. The molecule has 0 aliphatic rings. The Morgan fingerprint density at radius 1 is 1.38 bits per heavy atom. The number of nitrogens with zero attached hydrogens (tertiary/aromatic N) is 3. The lowest BCUT2D eigenvalue weighted by molar-refractivity contribution is 0.0945. The number of hydrogen-bond acceptors (Lipinski definition) is 3. The number of hydrogen-bond donors (Lipinski definition) is 1. The van der Waals surface area contributed by atoms with Crippen LogP contribution in [0.1, 0.15) is 24.2 Å². The predicted molar refractivity (Wildman–Crippen MR) is 93.1 cm³/mol. The van der Waals surface area contributed by atoms with Gasteiger partial charge in [-0.25, -0.2) is 4.98 Å². The summed E-state index contributed by atoms with van der Waals surface area (Å²) in [5.41, 5.74) is 3.26. The molecule has 1 amide bonds. The van der Waals surface area contributed by atoms with Gasteiger partial charge in [0, 0.05) is 32.1 Å². The summed E-state index contributed by atoms with van der Waals surface area (Å²) in [5, 5.41) is 2.95. The third-order valence-electron chi connectivity index (χ3n) is 3.79. The smallest absolute Gasteiger partial charge is 0.253 e. The van der Waals surface area contributed by atoms with Crippen molar-refractivity contribution in [1.82, 2.24) is 19.3 Å². The van der Waals surface area contributed by atoms with Crippen LogP contribution in [0.25, 0.3) is 16.9 Å². The average molecular weight is 326 g/mol. The van der Waals surface area contributed by atoms with Gasteiger partial charge in [-0.2, -0.15) is 0 Å². The molecule has 3 rings (SSSR count). The zero-order chi connectivity index (χ0) is 17.1. The second kappa shape index (κ2) is 6.88. The summed E-state index contributed by atoms with van der Waals surface area (Å²) in [7, 11) is 1.68. The highest BCUT2D eigenvalue weighted by Gasteiger charge is 2.17. The van der Waals surface area contributed by atoms with Gasteiger partial charge in [-0.15, -0.1) is 0 Å². The van der Waals surface area contributed by atoms with Crippen molar-refractivity contribution in [2.75, 3.05) is 13.7 Å². The van der Waals surface area contributed by atoms with Crippen molar-refractivity contribution >= 4 is 11.4 Å². The van der Waals surface area contributed by atoms with Gasteiger partial charge in [-0.05, 0) is 32.0 Å². The Labute approximate surface area is 141 Å². The van der Waals surface area contributed by atoms with Gasteiger partial charge in [0.05, 0.1) is 29.7 Å². The minimum absolute atomic E-state index is 0.0706. The van der Waals surface area contributed by atoms with Gasteiger partial charge in [-0.3, -0.25) is 4.79 Å². The van der Waals surface area contributed by atoms with Crippen molar-refractivity contribution < 1.29 is 9.53 Å². The Balaban J connectivity index is 2.02. The number of carbonyl (C=O) groups excluding carboxylic acids is 1. The largest absolute Gasteiger partial charge is 0.383 e. The van der Waals surface area contributed by atoms with Gasteiger partial charge < -0.3 is 19.0 Å². The fourth-order valence-electron chi connectivity index (χ4n) is 2.68. The van der Waals surface area contributed by atoms with Crippen molar-refractivity contribution in [3.05, 3.63) is 48.5 Å². The molecule has 3 heterocycles. The summed E-state index contributed by atoms with van der Waals surface area (Å²) in [6.07, 6.45) is 5.70. The van der Waals surface area contributed by atoms with E-state index in [4.69, 9.17) is 4.74 Å². The Bertz CT molecular complexity index is 848. The normalized spacial score (nSPS) is 11.3. The molecule has 0 aliphatic carbocycles. The highest BCUT2D eigenvalue weighted by Crippen LogP contribution is 2.25. The number of carbonyl (C=O) groups is 1. The Morgan fingerprint density at radius 3 is 2.96 bits per heavy atom. The number of fused-ring (bicyclic) bond motifs is 1. The van der Waals surface area contributed by atoms with Gasteiger partial charge in [0.15, 0.2) is 0 Å². The van der Waals surface area contributed by atoms with E-state index in [-0.39, 0.29) is 11.9 Å². The molecular formula is C18H22N4O2. The molecule has 0 atom stereocenters. The number of aromatic nitrogens is 3. The van der Waals surface area contributed by atoms with Crippen LogP contribution in [0, 0.1) is 0 Å². The predicted octanol–water partition coefficient (Wildman–Crippen LogP) is 2.59. The maximum atomic E-state index is 12.5. The lowest BCUT2D eigenvalue weighted by Crippen LogP contribution is -2.29. The minimum Gasteiger partial charge on any atom is -0.383 e. The highest BCUT2D eigenvalue weighted by atomic mass is 16.5. The number of ether oxygens (including phenoxy) is 1. The number of pyridine rings is 1. The SMILES string of the molecule is COCCn1cnc(-c2cc(C(=O)NC(C)C)c3ccccn23)c1. The van der Waals surface area contributed by atoms with E-state index in [1.54, 1.807) is 13.4 Å². The molecule has 0 radical (unpaired) electrons. The Morgan fingerprint density at radius 2 is 2.21 bits per heavy atom. The first-order valence-electron chi connectivity index (χ1n) is 8.02. The Kier molecular flexibility index (Phi) is 4.66. The second-order valence-electron chi connectivity index (χ2n) is 6.02. The van der Waals surface area contributed by atoms with E-state index in [1.165, 1.54) is 0 Å². The molecule has 0 aliphatic heterocycles. The molecule has 0 unspecified atom stereocenters. The summed E-state index contributed by atoms with van der Waals surface area (Å²) in [4.78, 5) is 17.0. The molecule has 0 spiro atoms. The summed E-state index contributed by atoms with van der Waals surface area (Å²) < 4.78 is 9.08. The number of methoxy groups -OCH3 is 1. The van der Waals surface area contributed by atoms with Crippen LogP contribution in [0.4, 0.5) is 0 Å². The van der Waals surface area contributed by atoms with Crippen molar-refractivity contribution in [2.45, 2.75) is 26.4 Å². The van der Waals surface area contributed by atoms with E-state index in [9.17, 15) is 4.79 Å². The molecule has 6 nitrogen and oxygen atoms in total. The fraction of sp³-hybridized carbons (Fsp3) is 0.333. The summed E-state index contributed by atoms with van der Waals surface area (Å²) in [5.74, 6) is -0.0706. The first kappa shape index (κ1) is 16.3. The molecule has 3 aromatic heterocycles. The van der Waals surface area contributed by atoms with Crippen LogP contribution in [0.15, 0.2) is 43.0 Å². The lowest BCUT2D eigenvalue weighted by Gasteiger charge is -2.07. The zero-order valence-corrected chi connectivity index (χ0v) is 14.2. The molecule has 0 bridgehead atoms. The lowest BCUT2D eigenvalue weighted by atomic mass is 10.2. The van der Waals surface area contributed by atoms with Crippen molar-refractivity contribution in [2.24, 2.45) is 0 Å². The molecule has 0 fully saturated rings. The maximum absolute atomic E-state index is 12.5. The first-order chi connectivity index (χ1) is 11.6. The molecule has 24 heavy (non-hydrogen) atoms. The summed E-state index contributed by atoms with van der Waals surface area (Å²) in [6, 6.07) is 7.81. The van der Waals surface area contributed by atoms with E-state index < -0.39 is 0 Å². The van der Waals surface area contributed by atoms with Crippen molar-refractivity contribution in [3.63, 3.8) is 0 Å². The number of imidazole rings is 1. The van der Waals surface area contributed by atoms with Crippen LogP contribution >= 0.6 is 0 Å². The Hall–Kier alpha value is -2.60. The molecule has 0 saturated heterocycles. The molecule has 0 aromatic carbocycles. The van der Waals surface area contributed by atoms with E-state index >= 15 is 0 Å². The third-order valence-corrected chi connectivity index (χ3v) is 3.79. The van der Waals surface area contributed by atoms with Crippen molar-refractivity contribution in [1.29, 1.82) is 0 Å². The second-order valence-corrected chi connectivity index (χ2v) is 6.02. The number of rotatable bonds is 6. The number of nitrogens with one attached hydrogen (secondary N) is 1. The topological polar surface area (TPSA) is 60.6 Å². The molecule has 0 saturated carbocycles. The van der Waals surface area contributed by atoms with Crippen LogP contribution in [-0.4, -0.2) is 39.6 Å². The van der Waals surface area contributed by atoms with E-state index in [2.05, 4.69) is 10.3 Å². The van der Waals surface area contributed by atoms with E-state index in [0.29, 0.717) is 12.2 Å². The standard InChI is InChI=1S/C18H22N4O2/c1-13(2)20-18(23)14-10-17(22-7-5-4-6-16(14)22)15-11-21(12-19-15)8-9-24-3/h4-7,10-13H,8-9H2,1-3H3,(H,20,23). The number of amides is 1.